The molecule has 0 fully saturated rings. The Bertz CT molecular complexity index is 1050. The van der Waals surface area contributed by atoms with E-state index in [0.717, 1.165) is 5.56 Å². The number of amides is 1. The lowest BCUT2D eigenvalue weighted by molar-refractivity contribution is 0.0741. The van der Waals surface area contributed by atoms with Crippen molar-refractivity contribution in [2.75, 3.05) is 13.1 Å². The van der Waals surface area contributed by atoms with Crippen LogP contribution in [0.4, 0.5) is 0 Å². The highest BCUT2D eigenvalue weighted by atomic mass is 35.5. The van der Waals surface area contributed by atoms with Crippen LogP contribution in [0.2, 0.25) is 10.0 Å². The van der Waals surface area contributed by atoms with Crippen LogP contribution in [-0.4, -0.2) is 34.1 Å². The first-order valence-electron chi connectivity index (χ1n) is 10.0. The van der Waals surface area contributed by atoms with Crippen molar-refractivity contribution in [1.82, 2.24) is 4.90 Å². The molecule has 168 valence electrons. The SMILES string of the molecule is NCCCN(Cc1c(O)cc(Cl)cc1Cl)C(=O)c1ccc(OCc2ccccc2)c(O)c1. The standard InChI is InChI=1S/C24H24Cl2N2O4/c25-18-12-20(26)19(21(29)13-18)14-28(10-4-9-27)24(31)17-7-8-23(22(30)11-17)32-15-16-5-2-1-3-6-16/h1-3,5-8,11-13,29-30H,4,9-10,14-15,27H2. The molecular weight excluding hydrogens is 451 g/mol. The van der Waals surface area contributed by atoms with Gasteiger partial charge in [0, 0.05) is 22.7 Å². The molecule has 0 saturated heterocycles. The van der Waals surface area contributed by atoms with E-state index in [2.05, 4.69) is 0 Å². The van der Waals surface area contributed by atoms with Gasteiger partial charge in [-0.25, -0.2) is 0 Å². The molecular formula is C24H24Cl2N2O4. The predicted molar refractivity (Wildman–Crippen MR) is 125 cm³/mol. The summed E-state index contributed by atoms with van der Waals surface area (Å²) in [5.74, 6) is -0.301. The van der Waals surface area contributed by atoms with Crippen LogP contribution in [0, 0.1) is 0 Å². The van der Waals surface area contributed by atoms with Gasteiger partial charge in [0.2, 0.25) is 0 Å². The Balaban J connectivity index is 1.78. The van der Waals surface area contributed by atoms with Crippen molar-refractivity contribution in [2.45, 2.75) is 19.6 Å². The van der Waals surface area contributed by atoms with Crippen LogP contribution in [-0.2, 0) is 13.2 Å². The van der Waals surface area contributed by atoms with Crippen LogP contribution in [0.25, 0.3) is 0 Å². The van der Waals surface area contributed by atoms with E-state index in [1.165, 1.54) is 23.1 Å². The average Bonchev–Trinajstić information content (AvgIpc) is 2.77. The van der Waals surface area contributed by atoms with E-state index in [1.807, 2.05) is 30.3 Å². The number of rotatable bonds is 9. The van der Waals surface area contributed by atoms with Crippen LogP contribution in [0.1, 0.15) is 27.9 Å². The van der Waals surface area contributed by atoms with Crippen molar-refractivity contribution in [3.63, 3.8) is 0 Å². The lowest BCUT2D eigenvalue weighted by Gasteiger charge is -2.24. The average molecular weight is 475 g/mol. The van der Waals surface area contributed by atoms with Crippen LogP contribution >= 0.6 is 23.2 Å². The first-order valence-corrected chi connectivity index (χ1v) is 10.8. The van der Waals surface area contributed by atoms with E-state index >= 15 is 0 Å². The Morgan fingerprint density at radius 1 is 1.00 bits per heavy atom. The van der Waals surface area contributed by atoms with Crippen molar-refractivity contribution in [1.29, 1.82) is 0 Å². The van der Waals surface area contributed by atoms with Gasteiger partial charge < -0.3 is 25.6 Å². The van der Waals surface area contributed by atoms with E-state index < -0.39 is 0 Å². The van der Waals surface area contributed by atoms with Gasteiger partial charge in [-0.15, -0.1) is 0 Å². The third-order valence-electron chi connectivity index (χ3n) is 4.85. The largest absolute Gasteiger partial charge is 0.507 e. The maximum atomic E-state index is 13.2. The molecule has 4 N–H and O–H groups in total. The normalized spacial score (nSPS) is 10.7. The van der Waals surface area contributed by atoms with Crippen molar-refractivity contribution < 1.29 is 19.7 Å². The second-order valence-electron chi connectivity index (χ2n) is 7.21. The molecule has 3 aromatic rings. The first kappa shape index (κ1) is 23.7. The van der Waals surface area contributed by atoms with E-state index in [1.54, 1.807) is 12.1 Å². The van der Waals surface area contributed by atoms with Gasteiger partial charge >= 0.3 is 0 Å². The molecule has 3 rings (SSSR count). The molecule has 0 atom stereocenters. The molecule has 32 heavy (non-hydrogen) atoms. The molecule has 0 saturated carbocycles. The number of ether oxygens (including phenoxy) is 1. The van der Waals surface area contributed by atoms with Gasteiger partial charge in [0.05, 0.1) is 11.6 Å². The van der Waals surface area contributed by atoms with E-state index in [4.69, 9.17) is 33.7 Å². The summed E-state index contributed by atoms with van der Waals surface area (Å²) >= 11 is 12.1. The van der Waals surface area contributed by atoms with Gasteiger partial charge in [-0.05, 0) is 48.9 Å². The summed E-state index contributed by atoms with van der Waals surface area (Å²) in [6, 6.07) is 16.9. The monoisotopic (exact) mass is 474 g/mol. The second kappa shape index (κ2) is 11.1. The van der Waals surface area contributed by atoms with Crippen molar-refractivity contribution in [2.24, 2.45) is 5.73 Å². The number of aromatic hydroxyl groups is 2. The summed E-state index contributed by atoms with van der Waals surface area (Å²) in [4.78, 5) is 14.7. The zero-order valence-corrected chi connectivity index (χ0v) is 18.8. The molecule has 0 unspecified atom stereocenters. The molecule has 0 bridgehead atoms. The number of hydrogen-bond acceptors (Lipinski definition) is 5. The zero-order valence-electron chi connectivity index (χ0n) is 17.3. The van der Waals surface area contributed by atoms with Gasteiger partial charge in [0.25, 0.3) is 5.91 Å². The molecule has 1 amide bonds. The minimum absolute atomic E-state index is 0.0632. The number of carbonyl (C=O) groups excluding carboxylic acids is 1. The van der Waals surface area contributed by atoms with Gasteiger partial charge in [-0.2, -0.15) is 0 Å². The quantitative estimate of drug-likeness (QED) is 0.406. The van der Waals surface area contributed by atoms with Gasteiger partial charge in [0.15, 0.2) is 11.5 Å². The summed E-state index contributed by atoms with van der Waals surface area (Å²) in [7, 11) is 0. The Labute approximate surface area is 196 Å². The number of hydrogen-bond donors (Lipinski definition) is 3. The summed E-state index contributed by atoms with van der Waals surface area (Å²) in [6.07, 6.45) is 0.558. The first-order chi connectivity index (χ1) is 15.4. The number of phenols is 2. The molecule has 6 nitrogen and oxygen atoms in total. The van der Waals surface area contributed by atoms with Gasteiger partial charge in [-0.1, -0.05) is 53.5 Å². The topological polar surface area (TPSA) is 96.0 Å². The Morgan fingerprint density at radius 3 is 2.41 bits per heavy atom. The highest BCUT2D eigenvalue weighted by molar-refractivity contribution is 6.35. The number of carbonyl (C=O) groups is 1. The Morgan fingerprint density at radius 2 is 1.75 bits per heavy atom. The minimum atomic E-state index is -0.339. The highest BCUT2D eigenvalue weighted by Gasteiger charge is 2.20. The van der Waals surface area contributed by atoms with Crippen molar-refractivity contribution in [3.8, 4) is 17.2 Å². The molecule has 3 aromatic carbocycles. The molecule has 0 aromatic heterocycles. The van der Waals surface area contributed by atoms with Crippen molar-refractivity contribution in [3.05, 3.63) is 87.4 Å². The lowest BCUT2D eigenvalue weighted by atomic mass is 10.1. The van der Waals surface area contributed by atoms with Crippen LogP contribution in [0.15, 0.2) is 60.7 Å². The Kier molecular flexibility index (Phi) is 8.22. The van der Waals surface area contributed by atoms with E-state index in [0.29, 0.717) is 36.7 Å². The van der Waals surface area contributed by atoms with Crippen LogP contribution in [0.3, 0.4) is 0 Å². The summed E-state index contributed by atoms with van der Waals surface area (Å²) in [5.41, 5.74) is 7.24. The predicted octanol–water partition coefficient (Wildman–Crippen LogP) is 4.97. The fraction of sp³-hybridized carbons (Fsp3) is 0.208. The van der Waals surface area contributed by atoms with Crippen LogP contribution in [0.5, 0.6) is 17.2 Å². The van der Waals surface area contributed by atoms with Gasteiger partial charge in [-0.3, -0.25) is 4.79 Å². The summed E-state index contributed by atoms with van der Waals surface area (Å²) in [5, 5.41) is 21.2. The second-order valence-corrected chi connectivity index (χ2v) is 8.05. The fourth-order valence-electron chi connectivity index (χ4n) is 3.16. The molecule has 0 aliphatic heterocycles. The third kappa shape index (κ3) is 6.07. The number of phenolic OH excluding ortho intramolecular Hbond substituents is 2. The maximum absolute atomic E-state index is 13.2. The highest BCUT2D eigenvalue weighted by Crippen LogP contribution is 2.32. The maximum Gasteiger partial charge on any atom is 0.254 e. The number of benzene rings is 3. The summed E-state index contributed by atoms with van der Waals surface area (Å²) in [6.45, 7) is 1.09. The number of halogens is 2. The lowest BCUT2D eigenvalue weighted by Crippen LogP contribution is -2.32. The molecule has 0 spiro atoms. The zero-order chi connectivity index (χ0) is 23.1. The molecule has 8 heteroatoms. The summed E-state index contributed by atoms with van der Waals surface area (Å²) < 4.78 is 5.67. The fourth-order valence-corrected chi connectivity index (χ4v) is 3.70. The molecule has 0 aliphatic carbocycles. The van der Waals surface area contributed by atoms with Crippen LogP contribution < -0.4 is 10.5 Å². The van der Waals surface area contributed by atoms with E-state index in [-0.39, 0.29) is 40.3 Å². The van der Waals surface area contributed by atoms with Gasteiger partial charge in [0.1, 0.15) is 12.4 Å². The Hall–Kier alpha value is -2.93. The molecule has 0 heterocycles. The minimum Gasteiger partial charge on any atom is -0.507 e. The smallest absolute Gasteiger partial charge is 0.254 e. The number of nitrogens with two attached hydrogens (primary N) is 1. The number of nitrogens with zero attached hydrogens (tertiary/aromatic N) is 1. The van der Waals surface area contributed by atoms with E-state index in [9.17, 15) is 15.0 Å². The molecule has 0 aliphatic rings. The van der Waals surface area contributed by atoms with Crippen molar-refractivity contribution >= 4 is 29.1 Å². The molecule has 0 radical (unpaired) electrons. The third-order valence-corrected chi connectivity index (χ3v) is 5.40.